The van der Waals surface area contributed by atoms with Crippen molar-refractivity contribution in [1.29, 1.82) is 0 Å². The molecule has 2 aromatic rings. The van der Waals surface area contributed by atoms with Crippen molar-refractivity contribution in [3.63, 3.8) is 0 Å². The largest absolute Gasteiger partial charge is 0.547 e. The third kappa shape index (κ3) is 5.86. The Hall–Kier alpha value is -3.32. The van der Waals surface area contributed by atoms with E-state index in [0.717, 1.165) is 0 Å². The second-order valence-electron chi connectivity index (χ2n) is 6.86. The molecule has 1 amide bonds. The van der Waals surface area contributed by atoms with Crippen LogP contribution in [-0.4, -0.2) is 41.9 Å². The maximum Gasteiger partial charge on any atom is 0.547 e. The van der Waals surface area contributed by atoms with Crippen molar-refractivity contribution in [3.8, 4) is 18.1 Å². The molecule has 0 aromatic heterocycles. The van der Waals surface area contributed by atoms with Gasteiger partial charge in [0.15, 0.2) is 13.1 Å². The Morgan fingerprint density at radius 2 is 2.03 bits per heavy atom. The molecular weight excluding hydrogens is 401 g/mol. The predicted octanol–water partition coefficient (Wildman–Crippen LogP) is 1.36. The highest BCUT2D eigenvalue weighted by Gasteiger charge is 2.37. The fourth-order valence-corrected chi connectivity index (χ4v) is 3.13. The van der Waals surface area contributed by atoms with Crippen LogP contribution in [0.2, 0.25) is 0 Å². The molecule has 0 fully saturated rings. The number of terminal acetylenes is 1. The number of hydrogen-bond acceptors (Lipinski definition) is 7. The van der Waals surface area contributed by atoms with Crippen LogP contribution in [0.1, 0.15) is 40.6 Å². The first-order valence-electron chi connectivity index (χ1n) is 9.70. The van der Waals surface area contributed by atoms with E-state index in [9.17, 15) is 19.7 Å². The number of benzene rings is 2. The van der Waals surface area contributed by atoms with Crippen LogP contribution in [0.25, 0.3) is 0 Å². The van der Waals surface area contributed by atoms with E-state index in [1.807, 2.05) is 0 Å². The molecule has 0 bridgehead atoms. The van der Waals surface area contributed by atoms with Crippen LogP contribution >= 0.6 is 0 Å². The van der Waals surface area contributed by atoms with Crippen molar-refractivity contribution in [3.05, 3.63) is 65.2 Å². The minimum absolute atomic E-state index is 0.154. The minimum atomic E-state index is -1.45. The zero-order valence-electron chi connectivity index (χ0n) is 16.7. The fraction of sp³-hybridized carbons (Fsp3) is 0.273. The number of amides is 1. The van der Waals surface area contributed by atoms with E-state index in [-0.39, 0.29) is 23.6 Å². The van der Waals surface area contributed by atoms with Gasteiger partial charge in [-0.3, -0.25) is 4.79 Å². The van der Waals surface area contributed by atoms with Gasteiger partial charge in [-0.1, -0.05) is 36.4 Å². The number of nitrogens with one attached hydrogen (secondary N) is 1. The average Bonchev–Trinajstić information content (AvgIpc) is 2.78. The Morgan fingerprint density at radius 1 is 1.26 bits per heavy atom. The Kier molecular flexibility index (Phi) is 7.68. The first kappa shape index (κ1) is 22.4. The quantitative estimate of drug-likeness (QED) is 0.254. The van der Waals surface area contributed by atoms with Gasteiger partial charge < -0.3 is 29.6 Å². The number of aliphatic hydroxyl groups excluding tert-OH is 1. The lowest BCUT2D eigenvalue weighted by molar-refractivity contribution is -0.157. The monoisotopic (exact) mass is 423 g/mol. The zero-order valence-corrected chi connectivity index (χ0v) is 16.7. The summed E-state index contributed by atoms with van der Waals surface area (Å²) in [5.74, 6) is 1.12. The molecule has 160 valence electrons. The number of hydrogen-bond donors (Lipinski definition) is 3. The molecule has 2 aromatic carbocycles. The lowest BCUT2D eigenvalue weighted by atomic mass is 9.72. The molecule has 0 saturated carbocycles. The van der Waals surface area contributed by atoms with Crippen molar-refractivity contribution in [1.82, 2.24) is 5.32 Å². The van der Waals surface area contributed by atoms with Gasteiger partial charge in [-0.25, -0.2) is 4.79 Å². The Labute approximate surface area is 180 Å². The second-order valence-corrected chi connectivity index (χ2v) is 6.86. The summed E-state index contributed by atoms with van der Waals surface area (Å²) in [5.41, 5.74) is 1.30. The van der Waals surface area contributed by atoms with E-state index in [0.29, 0.717) is 24.0 Å². The van der Waals surface area contributed by atoms with Crippen LogP contribution in [0.4, 0.5) is 0 Å². The van der Waals surface area contributed by atoms with Gasteiger partial charge in [0, 0.05) is 18.4 Å². The molecule has 1 aliphatic rings. The van der Waals surface area contributed by atoms with E-state index in [1.165, 1.54) is 0 Å². The number of rotatable bonds is 8. The number of fused-ring (bicyclic) bond motifs is 1. The molecule has 8 nitrogen and oxygen atoms in total. The van der Waals surface area contributed by atoms with Crippen LogP contribution in [0.5, 0.6) is 5.75 Å². The van der Waals surface area contributed by atoms with Gasteiger partial charge in [0.05, 0.1) is 11.5 Å². The average molecular weight is 423 g/mol. The second kappa shape index (κ2) is 10.6. The summed E-state index contributed by atoms with van der Waals surface area (Å²) in [4.78, 5) is 23.8. The van der Waals surface area contributed by atoms with Gasteiger partial charge in [-0.05, 0) is 24.1 Å². The third-order valence-corrected chi connectivity index (χ3v) is 4.68. The number of carbonyl (C=O) groups is 2. The van der Waals surface area contributed by atoms with Crippen LogP contribution in [-0.2, 0) is 20.7 Å². The molecular formula is C22H22BNO7. The molecule has 0 spiro atoms. The Balaban J connectivity index is 1.60. The summed E-state index contributed by atoms with van der Waals surface area (Å²) in [6.07, 6.45) is 4.45. The topological polar surface area (TPSA) is 114 Å². The number of aliphatic hydroxyl groups is 1. The molecule has 3 rings (SSSR count). The van der Waals surface area contributed by atoms with Gasteiger partial charge in [0.1, 0.15) is 5.75 Å². The highest BCUT2D eigenvalue weighted by Crippen LogP contribution is 2.34. The van der Waals surface area contributed by atoms with Crippen LogP contribution < -0.4 is 9.97 Å². The van der Waals surface area contributed by atoms with Crippen LogP contribution in [0, 0.1) is 12.3 Å². The zero-order chi connectivity index (χ0) is 22.2. The maximum atomic E-state index is 11.9. The Bertz CT molecular complexity index is 960. The van der Waals surface area contributed by atoms with E-state index < -0.39 is 32.1 Å². The number of ether oxygens (including phenoxy) is 2. The number of para-hydroxylation sites is 1. The molecule has 9 heteroatoms. The molecule has 0 saturated heterocycles. The van der Waals surface area contributed by atoms with Crippen LogP contribution in [0.3, 0.4) is 0 Å². The maximum absolute atomic E-state index is 11.9. The summed E-state index contributed by atoms with van der Waals surface area (Å²) in [7, 11) is -1.31. The molecule has 1 heterocycles. The van der Waals surface area contributed by atoms with E-state index in [4.69, 9.17) is 20.6 Å². The van der Waals surface area contributed by atoms with Crippen molar-refractivity contribution >= 4 is 19.0 Å². The first-order chi connectivity index (χ1) is 15.0. The van der Waals surface area contributed by atoms with Gasteiger partial charge in [-0.2, -0.15) is 0 Å². The van der Waals surface area contributed by atoms with Gasteiger partial charge in [0.2, 0.25) is 5.91 Å². The number of carbonyl (C=O) groups excluding carboxylic acids is 2. The Morgan fingerprint density at radius 3 is 2.77 bits per heavy atom. The molecule has 1 aliphatic heterocycles. The highest BCUT2D eigenvalue weighted by molar-refractivity contribution is 6.46. The summed E-state index contributed by atoms with van der Waals surface area (Å²) in [6, 6.07) is 13.4. The smallest absolute Gasteiger partial charge is 0.534 e. The lowest BCUT2D eigenvalue weighted by Crippen LogP contribution is -2.53. The standard InChI is InChI=1S/C22H22BNO7/c1-2-3-12-19(25)24-18-13-16-10-7-11-17(20(16)31-23(18)28)22(27)30-14-29-21(26)15-8-5-4-6-9-15/h1,4-11,18,22,27-28H,3,12-14H2,(H,24,25)/t18-,22?/m0/s1. The lowest BCUT2D eigenvalue weighted by Gasteiger charge is -2.30. The van der Waals surface area contributed by atoms with Crippen molar-refractivity contribution in [2.24, 2.45) is 0 Å². The van der Waals surface area contributed by atoms with E-state index in [1.54, 1.807) is 48.5 Å². The highest BCUT2D eigenvalue weighted by atomic mass is 16.7. The van der Waals surface area contributed by atoms with E-state index in [2.05, 4.69) is 11.2 Å². The normalized spacial score (nSPS) is 15.8. The summed E-state index contributed by atoms with van der Waals surface area (Å²) < 4.78 is 15.8. The summed E-state index contributed by atoms with van der Waals surface area (Å²) >= 11 is 0. The fourth-order valence-electron chi connectivity index (χ4n) is 3.13. The van der Waals surface area contributed by atoms with Gasteiger partial charge in [-0.15, -0.1) is 12.3 Å². The summed E-state index contributed by atoms with van der Waals surface area (Å²) in [5, 5.41) is 23.4. The van der Waals surface area contributed by atoms with Crippen molar-refractivity contribution in [2.45, 2.75) is 31.5 Å². The molecule has 0 radical (unpaired) electrons. The molecule has 1 unspecified atom stereocenters. The SMILES string of the molecule is C#CCCC(=O)N[C@H]1Cc2cccc(C(O)OCOC(=O)c3ccccc3)c2OB1O. The van der Waals surface area contributed by atoms with Crippen molar-refractivity contribution < 1.29 is 33.8 Å². The summed E-state index contributed by atoms with van der Waals surface area (Å²) in [6.45, 7) is -0.477. The number of esters is 1. The predicted molar refractivity (Wildman–Crippen MR) is 112 cm³/mol. The van der Waals surface area contributed by atoms with E-state index >= 15 is 0 Å². The molecule has 0 aliphatic carbocycles. The van der Waals surface area contributed by atoms with Gasteiger partial charge >= 0.3 is 13.1 Å². The minimum Gasteiger partial charge on any atom is -0.534 e. The molecule has 3 N–H and O–H groups in total. The van der Waals surface area contributed by atoms with Crippen LogP contribution in [0.15, 0.2) is 48.5 Å². The first-order valence-corrected chi connectivity index (χ1v) is 9.70. The van der Waals surface area contributed by atoms with Crippen molar-refractivity contribution in [2.75, 3.05) is 6.79 Å². The molecule has 2 atom stereocenters. The third-order valence-electron chi connectivity index (χ3n) is 4.68. The molecule has 31 heavy (non-hydrogen) atoms. The van der Waals surface area contributed by atoms with Gasteiger partial charge in [0.25, 0.3) is 0 Å².